The van der Waals surface area contributed by atoms with E-state index >= 15 is 0 Å². The Morgan fingerprint density at radius 2 is 2.30 bits per heavy atom. The van der Waals surface area contributed by atoms with E-state index in [2.05, 4.69) is 10.4 Å². The Bertz CT molecular complexity index is 429. The van der Waals surface area contributed by atoms with Gasteiger partial charge in [0.2, 0.25) is 0 Å². The smallest absolute Gasteiger partial charge is 0.306 e. The van der Waals surface area contributed by atoms with E-state index in [1.54, 1.807) is 0 Å². The van der Waals surface area contributed by atoms with Crippen LogP contribution in [0.2, 0.25) is 0 Å². The van der Waals surface area contributed by atoms with Crippen LogP contribution in [0, 0.1) is 16.0 Å². The van der Waals surface area contributed by atoms with Gasteiger partial charge in [0.25, 0.3) is 0 Å². The first-order valence-electron chi connectivity index (χ1n) is 7.21. The van der Waals surface area contributed by atoms with Crippen LogP contribution in [0.4, 0.5) is 5.69 Å². The van der Waals surface area contributed by atoms with Gasteiger partial charge in [-0.2, -0.15) is 5.10 Å². The van der Waals surface area contributed by atoms with Gasteiger partial charge in [0, 0.05) is 6.54 Å². The molecule has 0 saturated heterocycles. The van der Waals surface area contributed by atoms with Crippen molar-refractivity contribution >= 4 is 5.69 Å². The molecule has 0 aliphatic heterocycles. The van der Waals surface area contributed by atoms with Crippen molar-refractivity contribution in [1.29, 1.82) is 0 Å². The number of aromatic nitrogens is 2. The fourth-order valence-corrected chi connectivity index (χ4v) is 2.70. The number of rotatable bonds is 8. The summed E-state index contributed by atoms with van der Waals surface area (Å²) in [5, 5.41) is 27.5. The van der Waals surface area contributed by atoms with Gasteiger partial charge >= 0.3 is 5.69 Å². The summed E-state index contributed by atoms with van der Waals surface area (Å²) in [6, 6.07) is 0. The van der Waals surface area contributed by atoms with Crippen molar-refractivity contribution in [3.8, 4) is 0 Å². The quantitative estimate of drug-likeness (QED) is 0.426. The van der Waals surface area contributed by atoms with Gasteiger partial charge in [-0.1, -0.05) is 25.7 Å². The fourth-order valence-electron chi connectivity index (χ4n) is 2.70. The van der Waals surface area contributed by atoms with Gasteiger partial charge in [-0.25, -0.2) is 0 Å². The summed E-state index contributed by atoms with van der Waals surface area (Å²) in [5.74, 6) is 0.841. The summed E-state index contributed by atoms with van der Waals surface area (Å²) in [6.45, 7) is 1.67. The zero-order valence-corrected chi connectivity index (χ0v) is 11.6. The van der Waals surface area contributed by atoms with Crippen molar-refractivity contribution in [2.24, 2.45) is 5.92 Å². The van der Waals surface area contributed by atoms with Crippen molar-refractivity contribution in [2.75, 3.05) is 13.1 Å². The SMILES string of the molecule is O=[N+]([O-])c1cnn(CC(O)CNCCC2CCCC2)c1. The number of hydrogen-bond acceptors (Lipinski definition) is 5. The molecule has 1 saturated carbocycles. The maximum absolute atomic E-state index is 10.5. The van der Waals surface area contributed by atoms with E-state index in [4.69, 9.17) is 0 Å². The lowest BCUT2D eigenvalue weighted by atomic mass is 10.0. The van der Waals surface area contributed by atoms with Crippen LogP contribution < -0.4 is 5.32 Å². The van der Waals surface area contributed by atoms with Crippen molar-refractivity contribution in [3.63, 3.8) is 0 Å². The fraction of sp³-hybridized carbons (Fsp3) is 0.769. The summed E-state index contributed by atoms with van der Waals surface area (Å²) >= 11 is 0. The second kappa shape index (κ2) is 7.35. The minimum absolute atomic E-state index is 0.0496. The van der Waals surface area contributed by atoms with Gasteiger partial charge in [0.1, 0.15) is 12.4 Å². The first-order valence-corrected chi connectivity index (χ1v) is 7.21. The maximum atomic E-state index is 10.5. The zero-order valence-electron chi connectivity index (χ0n) is 11.6. The van der Waals surface area contributed by atoms with E-state index in [1.165, 1.54) is 49.2 Å². The van der Waals surface area contributed by atoms with Crippen LogP contribution in [0.25, 0.3) is 0 Å². The molecule has 0 aromatic carbocycles. The highest BCUT2D eigenvalue weighted by Crippen LogP contribution is 2.26. The topological polar surface area (TPSA) is 93.2 Å². The molecule has 112 valence electrons. The maximum Gasteiger partial charge on any atom is 0.306 e. The summed E-state index contributed by atoms with van der Waals surface area (Å²) in [5.41, 5.74) is -0.0496. The normalized spacial score (nSPS) is 17.4. The van der Waals surface area contributed by atoms with Gasteiger partial charge in [-0.15, -0.1) is 0 Å². The molecule has 0 spiro atoms. The van der Waals surface area contributed by atoms with E-state index in [-0.39, 0.29) is 12.2 Å². The second-order valence-electron chi connectivity index (χ2n) is 5.47. The predicted octanol–water partition coefficient (Wildman–Crippen LogP) is 1.32. The van der Waals surface area contributed by atoms with Crippen molar-refractivity contribution in [3.05, 3.63) is 22.5 Å². The zero-order chi connectivity index (χ0) is 14.4. The van der Waals surface area contributed by atoms with E-state index in [0.29, 0.717) is 6.54 Å². The molecule has 0 radical (unpaired) electrons. The molecular formula is C13H22N4O3. The monoisotopic (exact) mass is 282 g/mol. The number of nitrogens with one attached hydrogen (secondary N) is 1. The summed E-state index contributed by atoms with van der Waals surface area (Å²) < 4.78 is 1.40. The van der Waals surface area contributed by atoms with Crippen LogP contribution in [0.15, 0.2) is 12.4 Å². The average molecular weight is 282 g/mol. The molecular weight excluding hydrogens is 260 g/mol. The lowest BCUT2D eigenvalue weighted by Gasteiger charge is -2.13. The lowest BCUT2D eigenvalue weighted by molar-refractivity contribution is -0.385. The molecule has 1 atom stereocenters. The molecule has 1 heterocycles. The van der Waals surface area contributed by atoms with E-state index < -0.39 is 11.0 Å². The molecule has 2 rings (SSSR count). The number of aliphatic hydroxyl groups excluding tert-OH is 1. The third kappa shape index (κ3) is 4.57. The van der Waals surface area contributed by atoms with Gasteiger partial charge in [0.05, 0.1) is 17.6 Å². The van der Waals surface area contributed by atoms with Crippen LogP contribution in [0.1, 0.15) is 32.1 Å². The Hall–Kier alpha value is -1.47. The lowest BCUT2D eigenvalue weighted by Crippen LogP contribution is -2.31. The Balaban J connectivity index is 1.61. The van der Waals surface area contributed by atoms with Crippen LogP contribution in [-0.2, 0) is 6.54 Å². The average Bonchev–Trinajstić information content (AvgIpc) is 3.05. The van der Waals surface area contributed by atoms with Crippen molar-refractivity contribution in [1.82, 2.24) is 15.1 Å². The summed E-state index contributed by atoms with van der Waals surface area (Å²) in [6.07, 6.45) is 8.49. The van der Waals surface area contributed by atoms with Crippen molar-refractivity contribution in [2.45, 2.75) is 44.8 Å². The summed E-state index contributed by atoms with van der Waals surface area (Å²) in [4.78, 5) is 10.0. The minimum Gasteiger partial charge on any atom is -0.390 e. The molecule has 0 amide bonds. The number of nitro groups is 1. The predicted molar refractivity (Wildman–Crippen MR) is 74.3 cm³/mol. The molecule has 1 unspecified atom stereocenters. The Morgan fingerprint density at radius 3 is 2.95 bits per heavy atom. The van der Waals surface area contributed by atoms with Crippen LogP contribution >= 0.6 is 0 Å². The van der Waals surface area contributed by atoms with Gasteiger partial charge in [-0.05, 0) is 18.9 Å². The highest BCUT2D eigenvalue weighted by Gasteiger charge is 2.15. The van der Waals surface area contributed by atoms with Gasteiger partial charge < -0.3 is 10.4 Å². The third-order valence-electron chi connectivity index (χ3n) is 3.81. The molecule has 1 aromatic rings. The first-order chi connectivity index (χ1) is 9.65. The number of aliphatic hydroxyl groups is 1. The molecule has 7 heteroatoms. The number of hydrogen-bond donors (Lipinski definition) is 2. The summed E-state index contributed by atoms with van der Waals surface area (Å²) in [7, 11) is 0. The Morgan fingerprint density at radius 1 is 1.55 bits per heavy atom. The molecule has 20 heavy (non-hydrogen) atoms. The molecule has 1 aliphatic carbocycles. The van der Waals surface area contributed by atoms with Crippen LogP contribution in [0.5, 0.6) is 0 Å². The number of nitrogens with zero attached hydrogens (tertiary/aromatic N) is 3. The molecule has 1 fully saturated rings. The van der Waals surface area contributed by atoms with E-state index in [9.17, 15) is 15.2 Å². The Labute approximate surface area is 118 Å². The molecule has 1 aromatic heterocycles. The molecule has 0 bridgehead atoms. The van der Waals surface area contributed by atoms with Crippen LogP contribution in [-0.4, -0.2) is 39.0 Å². The molecule has 2 N–H and O–H groups in total. The first kappa shape index (κ1) is 14.9. The van der Waals surface area contributed by atoms with Gasteiger partial charge in [0.15, 0.2) is 0 Å². The standard InChI is InChI=1S/C13H22N4O3/c18-13(8-14-6-5-11-3-1-2-4-11)10-16-9-12(7-15-16)17(19)20/h7,9,11,13-14,18H,1-6,8,10H2. The van der Waals surface area contributed by atoms with E-state index in [0.717, 1.165) is 12.5 Å². The highest BCUT2D eigenvalue weighted by atomic mass is 16.6. The Kier molecular flexibility index (Phi) is 5.49. The van der Waals surface area contributed by atoms with E-state index in [1.807, 2.05) is 0 Å². The minimum atomic E-state index is -0.585. The molecule has 1 aliphatic rings. The second-order valence-corrected chi connectivity index (χ2v) is 5.47. The van der Waals surface area contributed by atoms with Crippen LogP contribution in [0.3, 0.4) is 0 Å². The highest BCUT2D eigenvalue weighted by molar-refractivity contribution is 5.20. The van der Waals surface area contributed by atoms with Gasteiger partial charge in [-0.3, -0.25) is 14.8 Å². The molecule has 7 nitrogen and oxygen atoms in total. The third-order valence-corrected chi connectivity index (χ3v) is 3.81. The largest absolute Gasteiger partial charge is 0.390 e. The van der Waals surface area contributed by atoms with Crippen molar-refractivity contribution < 1.29 is 10.0 Å².